The second kappa shape index (κ2) is 10.1. The van der Waals surface area contributed by atoms with Crippen molar-refractivity contribution in [3.05, 3.63) is 108 Å². The summed E-state index contributed by atoms with van der Waals surface area (Å²) in [5.74, 6) is -0.118. The zero-order valence-corrected chi connectivity index (χ0v) is 18.4. The van der Waals surface area contributed by atoms with E-state index in [-0.39, 0.29) is 12.0 Å². The quantitative estimate of drug-likeness (QED) is 0.412. The number of carbonyl (C=O) groups is 1. The van der Waals surface area contributed by atoms with Gasteiger partial charge in [0.15, 0.2) is 0 Å². The lowest BCUT2D eigenvalue weighted by Crippen LogP contribution is -2.22. The van der Waals surface area contributed by atoms with Crippen LogP contribution in [0.15, 0.2) is 91.1 Å². The normalized spacial score (nSPS) is 11.0. The minimum atomic E-state index is -0.118. The number of hydrogen-bond acceptors (Lipinski definition) is 3. The van der Waals surface area contributed by atoms with Crippen molar-refractivity contribution in [3.63, 3.8) is 0 Å². The largest absolute Gasteiger partial charge is 0.374 e. The maximum Gasteiger partial charge on any atom is 0.251 e. The number of para-hydroxylation sites is 1. The maximum absolute atomic E-state index is 12.8. The lowest BCUT2D eigenvalue weighted by molar-refractivity contribution is 0.0657. The van der Waals surface area contributed by atoms with Crippen LogP contribution in [0.3, 0.4) is 0 Å². The Morgan fingerprint density at radius 1 is 0.938 bits per heavy atom. The lowest BCUT2D eigenvalue weighted by atomic mass is 10.1. The highest BCUT2D eigenvalue weighted by atomic mass is 16.5. The van der Waals surface area contributed by atoms with E-state index in [0.29, 0.717) is 18.7 Å². The summed E-state index contributed by atoms with van der Waals surface area (Å²) in [7, 11) is 0. The van der Waals surface area contributed by atoms with Crippen LogP contribution in [0.5, 0.6) is 0 Å². The van der Waals surface area contributed by atoms with E-state index < -0.39 is 0 Å². The molecule has 1 amide bonds. The summed E-state index contributed by atoms with van der Waals surface area (Å²) in [5.41, 5.74) is 5.47. The Morgan fingerprint density at radius 3 is 2.25 bits per heavy atom. The lowest BCUT2D eigenvalue weighted by Gasteiger charge is -2.09. The van der Waals surface area contributed by atoms with Crippen LogP contribution in [0.4, 0.5) is 0 Å². The molecule has 1 heterocycles. The zero-order chi connectivity index (χ0) is 22.3. The molecule has 0 unspecified atom stereocenters. The van der Waals surface area contributed by atoms with Crippen LogP contribution in [0.2, 0.25) is 0 Å². The molecule has 4 rings (SSSR count). The Kier molecular flexibility index (Phi) is 6.78. The van der Waals surface area contributed by atoms with Crippen LogP contribution < -0.4 is 5.32 Å². The average Bonchev–Trinajstić information content (AvgIpc) is 3.27. The van der Waals surface area contributed by atoms with E-state index in [4.69, 9.17) is 9.84 Å². The molecule has 1 N–H and O–H groups in total. The number of benzene rings is 3. The van der Waals surface area contributed by atoms with Gasteiger partial charge in [-0.05, 0) is 43.7 Å². The SMILES string of the molecule is CC(C)OCc1ccc(C(=O)NCc2cn(-c3ccccc3)nc2-c2ccccc2)cc1. The molecule has 0 saturated carbocycles. The van der Waals surface area contributed by atoms with Gasteiger partial charge in [0.25, 0.3) is 5.91 Å². The van der Waals surface area contributed by atoms with Gasteiger partial charge in [0.2, 0.25) is 0 Å². The van der Waals surface area contributed by atoms with Crippen LogP contribution in [-0.2, 0) is 17.9 Å². The molecule has 4 aromatic rings. The van der Waals surface area contributed by atoms with Gasteiger partial charge in [-0.1, -0.05) is 60.7 Å². The molecular weight excluding hydrogens is 398 g/mol. The first-order valence-electron chi connectivity index (χ1n) is 10.8. The van der Waals surface area contributed by atoms with Gasteiger partial charge in [-0.15, -0.1) is 0 Å². The minimum absolute atomic E-state index is 0.118. The maximum atomic E-state index is 12.8. The smallest absolute Gasteiger partial charge is 0.251 e. The predicted molar refractivity (Wildman–Crippen MR) is 127 cm³/mol. The summed E-state index contributed by atoms with van der Waals surface area (Å²) in [6, 6.07) is 27.5. The minimum Gasteiger partial charge on any atom is -0.374 e. The molecule has 0 aliphatic heterocycles. The molecule has 0 radical (unpaired) electrons. The zero-order valence-electron chi connectivity index (χ0n) is 18.4. The monoisotopic (exact) mass is 425 g/mol. The van der Waals surface area contributed by atoms with Crippen molar-refractivity contribution in [2.75, 3.05) is 0 Å². The van der Waals surface area contributed by atoms with E-state index in [9.17, 15) is 4.79 Å². The van der Waals surface area contributed by atoms with Crippen LogP contribution in [0.1, 0.15) is 35.3 Å². The van der Waals surface area contributed by atoms with E-state index >= 15 is 0 Å². The summed E-state index contributed by atoms with van der Waals surface area (Å²) in [4.78, 5) is 12.8. The summed E-state index contributed by atoms with van der Waals surface area (Å²) < 4.78 is 7.47. The average molecular weight is 426 g/mol. The highest BCUT2D eigenvalue weighted by molar-refractivity contribution is 5.94. The van der Waals surface area contributed by atoms with Gasteiger partial charge < -0.3 is 10.1 Å². The van der Waals surface area contributed by atoms with Crippen molar-refractivity contribution in [1.82, 2.24) is 15.1 Å². The molecule has 0 fully saturated rings. The van der Waals surface area contributed by atoms with Crippen molar-refractivity contribution in [1.29, 1.82) is 0 Å². The Bertz CT molecular complexity index is 1150. The van der Waals surface area contributed by atoms with Crippen molar-refractivity contribution >= 4 is 5.91 Å². The first-order chi connectivity index (χ1) is 15.6. The Balaban J connectivity index is 1.51. The van der Waals surface area contributed by atoms with Gasteiger partial charge in [-0.25, -0.2) is 4.68 Å². The third-order valence-corrected chi connectivity index (χ3v) is 5.10. The van der Waals surface area contributed by atoms with E-state index in [1.807, 2.05) is 110 Å². The molecule has 162 valence electrons. The number of nitrogens with one attached hydrogen (secondary N) is 1. The molecule has 0 aliphatic carbocycles. The molecule has 0 spiro atoms. The number of ether oxygens (including phenoxy) is 1. The van der Waals surface area contributed by atoms with Crippen LogP contribution in [0.25, 0.3) is 16.9 Å². The van der Waals surface area contributed by atoms with E-state index in [1.54, 1.807) is 0 Å². The molecule has 0 atom stereocenters. The van der Waals surface area contributed by atoms with Gasteiger partial charge in [0.05, 0.1) is 24.1 Å². The van der Waals surface area contributed by atoms with Gasteiger partial charge in [0, 0.05) is 29.4 Å². The highest BCUT2D eigenvalue weighted by Crippen LogP contribution is 2.23. The summed E-state index contributed by atoms with van der Waals surface area (Å²) in [5, 5.41) is 7.84. The molecule has 0 aliphatic rings. The fraction of sp³-hybridized carbons (Fsp3) is 0.185. The first-order valence-corrected chi connectivity index (χ1v) is 10.8. The van der Waals surface area contributed by atoms with Crippen molar-refractivity contribution in [2.45, 2.75) is 33.1 Å². The molecule has 5 heteroatoms. The fourth-order valence-corrected chi connectivity index (χ4v) is 3.38. The number of rotatable bonds is 8. The fourth-order valence-electron chi connectivity index (χ4n) is 3.38. The predicted octanol–water partition coefficient (Wildman–Crippen LogP) is 5.39. The van der Waals surface area contributed by atoms with Gasteiger partial charge >= 0.3 is 0 Å². The summed E-state index contributed by atoms with van der Waals surface area (Å²) in [6.07, 6.45) is 2.15. The second-order valence-electron chi connectivity index (χ2n) is 7.89. The molecule has 3 aromatic carbocycles. The van der Waals surface area contributed by atoms with Crippen molar-refractivity contribution in [3.8, 4) is 16.9 Å². The van der Waals surface area contributed by atoms with E-state index in [0.717, 1.165) is 28.1 Å². The number of aromatic nitrogens is 2. The van der Waals surface area contributed by atoms with E-state index in [1.165, 1.54) is 0 Å². The molecule has 32 heavy (non-hydrogen) atoms. The van der Waals surface area contributed by atoms with Crippen LogP contribution in [0, 0.1) is 0 Å². The van der Waals surface area contributed by atoms with Crippen LogP contribution >= 0.6 is 0 Å². The second-order valence-corrected chi connectivity index (χ2v) is 7.89. The topological polar surface area (TPSA) is 56.1 Å². The van der Waals surface area contributed by atoms with Gasteiger partial charge in [-0.3, -0.25) is 4.79 Å². The molecule has 1 aromatic heterocycles. The number of nitrogens with zero attached hydrogens (tertiary/aromatic N) is 2. The summed E-state index contributed by atoms with van der Waals surface area (Å²) >= 11 is 0. The van der Waals surface area contributed by atoms with Crippen LogP contribution in [-0.4, -0.2) is 21.8 Å². The third kappa shape index (κ3) is 5.31. The Hall–Kier alpha value is -3.70. The Labute approximate surface area is 188 Å². The first kappa shape index (κ1) is 21.5. The molecule has 0 saturated heterocycles. The summed E-state index contributed by atoms with van der Waals surface area (Å²) in [6.45, 7) is 4.93. The van der Waals surface area contributed by atoms with Gasteiger partial charge in [-0.2, -0.15) is 5.10 Å². The van der Waals surface area contributed by atoms with E-state index in [2.05, 4.69) is 5.32 Å². The van der Waals surface area contributed by atoms with Gasteiger partial charge in [0.1, 0.15) is 0 Å². The standard InChI is InChI=1S/C27H27N3O2/c1-20(2)32-19-21-13-15-23(16-14-21)27(31)28-17-24-18-30(25-11-7-4-8-12-25)29-26(24)22-9-5-3-6-10-22/h3-16,18,20H,17,19H2,1-2H3,(H,28,31). The molecule has 0 bridgehead atoms. The number of amides is 1. The molecule has 5 nitrogen and oxygen atoms in total. The third-order valence-electron chi connectivity index (χ3n) is 5.10. The number of carbonyl (C=O) groups excluding carboxylic acids is 1. The Morgan fingerprint density at radius 2 is 1.59 bits per heavy atom. The number of hydrogen-bond donors (Lipinski definition) is 1. The van der Waals surface area contributed by atoms with Crippen molar-refractivity contribution < 1.29 is 9.53 Å². The molecular formula is C27H27N3O2. The highest BCUT2D eigenvalue weighted by Gasteiger charge is 2.14. The van der Waals surface area contributed by atoms with Crippen molar-refractivity contribution in [2.24, 2.45) is 0 Å².